The normalized spacial score (nSPS) is 11.2. The molecule has 0 N–H and O–H groups in total. The molecule has 1 aromatic heterocycles. The van der Waals surface area contributed by atoms with Crippen molar-refractivity contribution in [2.45, 2.75) is 0 Å². The van der Waals surface area contributed by atoms with Gasteiger partial charge in [-0.3, -0.25) is 0 Å². The summed E-state index contributed by atoms with van der Waals surface area (Å²) in [6.07, 6.45) is 0. The maximum Gasteiger partial charge on any atom is 0.136 e. The zero-order chi connectivity index (χ0) is 38.0. The highest BCUT2D eigenvalue weighted by Crippen LogP contribution is 2.47. The van der Waals surface area contributed by atoms with E-state index in [0.717, 1.165) is 78.3 Å². The summed E-state index contributed by atoms with van der Waals surface area (Å²) in [5.41, 5.74) is 15.2. The molecule has 0 bridgehead atoms. The van der Waals surface area contributed by atoms with Crippen LogP contribution in [0.5, 0.6) is 0 Å². The van der Waals surface area contributed by atoms with Crippen LogP contribution in [0.25, 0.3) is 55.3 Å². The molecule has 3 nitrogen and oxygen atoms in total. The lowest BCUT2D eigenvalue weighted by Gasteiger charge is -2.31. The third-order valence-electron chi connectivity index (χ3n) is 10.7. The predicted molar refractivity (Wildman–Crippen MR) is 239 cm³/mol. The number of anilines is 6. The Bertz CT molecular complexity index is 2900. The molecule has 0 aliphatic heterocycles. The Labute approximate surface area is 333 Å². The first-order valence-corrected chi connectivity index (χ1v) is 19.3. The largest absolute Gasteiger partial charge is 0.456 e. The highest BCUT2D eigenvalue weighted by atomic mass is 16.3. The van der Waals surface area contributed by atoms with Gasteiger partial charge in [-0.1, -0.05) is 152 Å². The third kappa shape index (κ3) is 6.52. The first-order chi connectivity index (χ1) is 28.3. The lowest BCUT2D eigenvalue weighted by atomic mass is 9.98. The number of nitrogens with zero attached hydrogens (tertiary/aromatic N) is 2. The Morgan fingerprint density at radius 3 is 1.21 bits per heavy atom. The van der Waals surface area contributed by atoms with Crippen molar-refractivity contribution < 1.29 is 4.42 Å². The molecular weight excluding hydrogens is 693 g/mol. The van der Waals surface area contributed by atoms with E-state index in [4.69, 9.17) is 4.42 Å². The van der Waals surface area contributed by atoms with Crippen molar-refractivity contribution in [1.29, 1.82) is 0 Å². The SMILES string of the molecule is c1ccc(-c2ccc(N(c3ccc(-c4ccc5c(c4)oc4ccccc45)cc3)c3ccccc3-c3ccccc3N(c3ccccc3)c3ccccc3)cc2)cc1. The second kappa shape index (κ2) is 14.9. The zero-order valence-electron chi connectivity index (χ0n) is 31.2. The number of hydrogen-bond acceptors (Lipinski definition) is 3. The fraction of sp³-hybridized carbons (Fsp3) is 0. The summed E-state index contributed by atoms with van der Waals surface area (Å²) in [6, 6.07) is 81.8. The summed E-state index contributed by atoms with van der Waals surface area (Å²) in [5, 5.41) is 2.27. The third-order valence-corrected chi connectivity index (χ3v) is 10.7. The van der Waals surface area contributed by atoms with Gasteiger partial charge in [-0.25, -0.2) is 0 Å². The van der Waals surface area contributed by atoms with Crippen LogP contribution in [0.2, 0.25) is 0 Å². The minimum atomic E-state index is 0.894. The quantitative estimate of drug-likeness (QED) is 0.147. The van der Waals surface area contributed by atoms with E-state index in [1.807, 2.05) is 12.1 Å². The van der Waals surface area contributed by atoms with Crippen LogP contribution in [0.3, 0.4) is 0 Å². The van der Waals surface area contributed by atoms with Gasteiger partial charge < -0.3 is 14.2 Å². The minimum Gasteiger partial charge on any atom is -0.456 e. The van der Waals surface area contributed by atoms with Crippen molar-refractivity contribution in [2.75, 3.05) is 9.80 Å². The highest BCUT2D eigenvalue weighted by molar-refractivity contribution is 6.06. The zero-order valence-corrected chi connectivity index (χ0v) is 31.2. The van der Waals surface area contributed by atoms with Gasteiger partial charge in [-0.2, -0.15) is 0 Å². The Morgan fingerprint density at radius 1 is 0.263 bits per heavy atom. The molecule has 0 radical (unpaired) electrons. The molecule has 0 atom stereocenters. The summed E-state index contributed by atoms with van der Waals surface area (Å²) in [4.78, 5) is 4.72. The van der Waals surface area contributed by atoms with Gasteiger partial charge in [0.15, 0.2) is 0 Å². The van der Waals surface area contributed by atoms with Gasteiger partial charge in [0.05, 0.1) is 11.4 Å². The molecule has 0 fully saturated rings. The molecule has 1 heterocycles. The summed E-state index contributed by atoms with van der Waals surface area (Å²) >= 11 is 0. The van der Waals surface area contributed by atoms with E-state index in [1.165, 1.54) is 11.1 Å². The van der Waals surface area contributed by atoms with Crippen molar-refractivity contribution in [1.82, 2.24) is 0 Å². The summed E-state index contributed by atoms with van der Waals surface area (Å²) < 4.78 is 6.26. The van der Waals surface area contributed by atoms with Crippen LogP contribution in [0.4, 0.5) is 34.1 Å². The molecule has 9 aromatic carbocycles. The molecule has 10 rings (SSSR count). The average Bonchev–Trinajstić information content (AvgIpc) is 3.67. The van der Waals surface area contributed by atoms with E-state index in [-0.39, 0.29) is 0 Å². The van der Waals surface area contributed by atoms with E-state index in [1.54, 1.807) is 0 Å². The van der Waals surface area contributed by atoms with E-state index in [0.29, 0.717) is 0 Å². The molecule has 0 spiro atoms. The fourth-order valence-corrected chi connectivity index (χ4v) is 7.94. The number of furan rings is 1. The van der Waals surface area contributed by atoms with E-state index in [2.05, 4.69) is 228 Å². The van der Waals surface area contributed by atoms with Gasteiger partial charge in [0.2, 0.25) is 0 Å². The fourth-order valence-electron chi connectivity index (χ4n) is 7.94. The summed E-state index contributed by atoms with van der Waals surface area (Å²) in [5.74, 6) is 0. The first kappa shape index (κ1) is 33.9. The topological polar surface area (TPSA) is 19.6 Å². The van der Waals surface area contributed by atoms with Gasteiger partial charge in [-0.05, 0) is 101 Å². The average molecular weight is 731 g/mol. The molecule has 270 valence electrons. The first-order valence-electron chi connectivity index (χ1n) is 19.3. The smallest absolute Gasteiger partial charge is 0.136 e. The second-order valence-electron chi connectivity index (χ2n) is 14.1. The van der Waals surface area contributed by atoms with Crippen LogP contribution in [0.1, 0.15) is 0 Å². The van der Waals surface area contributed by atoms with E-state index >= 15 is 0 Å². The number of benzene rings is 9. The van der Waals surface area contributed by atoms with Gasteiger partial charge in [-0.15, -0.1) is 0 Å². The van der Waals surface area contributed by atoms with Crippen LogP contribution < -0.4 is 9.80 Å². The molecule has 0 aliphatic carbocycles. The molecular formula is C54H38N2O. The van der Waals surface area contributed by atoms with Crippen LogP contribution in [-0.4, -0.2) is 0 Å². The van der Waals surface area contributed by atoms with Crippen LogP contribution in [-0.2, 0) is 0 Å². The Morgan fingerprint density at radius 2 is 0.649 bits per heavy atom. The van der Waals surface area contributed by atoms with Crippen molar-refractivity contribution in [2.24, 2.45) is 0 Å². The number of hydrogen-bond donors (Lipinski definition) is 0. The standard InChI is InChI=1S/C54H38N2O/c1-4-16-39(17-5-1)40-28-33-45(34-29-40)56(46-35-30-41(31-36-46)42-32-37-50-49-24-12-15-27-53(49)57-54(50)38-42)52-26-14-11-23-48(52)47-22-10-13-25-51(47)55(43-18-6-2-7-19-43)44-20-8-3-9-21-44/h1-38H. The molecule has 0 saturated carbocycles. The highest BCUT2D eigenvalue weighted by Gasteiger charge is 2.22. The lowest BCUT2D eigenvalue weighted by molar-refractivity contribution is 0.669. The Hall–Kier alpha value is -7.62. The maximum absolute atomic E-state index is 6.26. The molecule has 0 unspecified atom stereocenters. The van der Waals surface area contributed by atoms with Crippen molar-refractivity contribution >= 4 is 56.1 Å². The Kier molecular flexibility index (Phi) is 8.86. The molecule has 57 heavy (non-hydrogen) atoms. The summed E-state index contributed by atoms with van der Waals surface area (Å²) in [6.45, 7) is 0. The predicted octanol–water partition coefficient (Wildman–Crippen LogP) is 15.5. The van der Waals surface area contributed by atoms with E-state index in [9.17, 15) is 0 Å². The number of fused-ring (bicyclic) bond motifs is 3. The molecule has 10 aromatic rings. The summed E-state index contributed by atoms with van der Waals surface area (Å²) in [7, 11) is 0. The molecule has 0 saturated heterocycles. The maximum atomic E-state index is 6.26. The van der Waals surface area contributed by atoms with Gasteiger partial charge in [0.1, 0.15) is 11.2 Å². The van der Waals surface area contributed by atoms with Gasteiger partial charge in [0.25, 0.3) is 0 Å². The van der Waals surface area contributed by atoms with Crippen molar-refractivity contribution in [3.63, 3.8) is 0 Å². The minimum absolute atomic E-state index is 0.894. The van der Waals surface area contributed by atoms with Crippen LogP contribution in [0, 0.1) is 0 Å². The number of rotatable bonds is 9. The number of para-hydroxylation sites is 5. The van der Waals surface area contributed by atoms with E-state index < -0.39 is 0 Å². The molecule has 0 aliphatic rings. The monoisotopic (exact) mass is 730 g/mol. The van der Waals surface area contributed by atoms with Gasteiger partial charge in [0, 0.05) is 44.6 Å². The lowest BCUT2D eigenvalue weighted by Crippen LogP contribution is -2.13. The molecule has 0 amide bonds. The Balaban J connectivity index is 1.11. The van der Waals surface area contributed by atoms with Gasteiger partial charge >= 0.3 is 0 Å². The van der Waals surface area contributed by atoms with Crippen LogP contribution in [0.15, 0.2) is 235 Å². The van der Waals surface area contributed by atoms with Crippen LogP contribution >= 0.6 is 0 Å². The second-order valence-corrected chi connectivity index (χ2v) is 14.1. The van der Waals surface area contributed by atoms with Crippen molar-refractivity contribution in [3.8, 4) is 33.4 Å². The van der Waals surface area contributed by atoms with Crippen molar-refractivity contribution in [3.05, 3.63) is 231 Å². The molecule has 3 heteroatoms.